The van der Waals surface area contributed by atoms with Crippen molar-refractivity contribution in [2.45, 2.75) is 11.1 Å². The number of carbonyl (C=O) groups excluding carboxylic acids is 2. The van der Waals surface area contributed by atoms with Crippen LogP contribution in [0.5, 0.6) is 0 Å². The van der Waals surface area contributed by atoms with Gasteiger partial charge in [-0.05, 0) is 18.2 Å². The van der Waals surface area contributed by atoms with Gasteiger partial charge in [-0.15, -0.1) is 0 Å². The van der Waals surface area contributed by atoms with Crippen LogP contribution >= 0.6 is 0 Å². The smallest absolute Gasteiger partial charge is 0.405 e. The molecule has 0 saturated heterocycles. The first-order chi connectivity index (χ1) is 10.9. The molecule has 1 aromatic carbocycles. The molecule has 1 rings (SSSR count). The number of hydrogen-bond donors (Lipinski definition) is 1. The highest BCUT2D eigenvalue weighted by atomic mass is 32.2. The van der Waals surface area contributed by atoms with Crippen molar-refractivity contribution in [1.29, 1.82) is 0 Å². The molecule has 0 radical (unpaired) electrons. The highest BCUT2D eigenvalue weighted by Gasteiger charge is 2.28. The molecule has 7 nitrogen and oxygen atoms in total. The molecule has 1 amide bonds. The summed E-state index contributed by atoms with van der Waals surface area (Å²) in [5.41, 5.74) is -0.151. The highest BCUT2D eigenvalue weighted by Crippen LogP contribution is 2.15. The minimum atomic E-state index is -4.57. The molecule has 134 valence electrons. The lowest BCUT2D eigenvalue weighted by atomic mass is 10.2. The summed E-state index contributed by atoms with van der Waals surface area (Å²) < 4.78 is 65.2. The van der Waals surface area contributed by atoms with Gasteiger partial charge in [0.25, 0.3) is 5.91 Å². The highest BCUT2D eigenvalue weighted by molar-refractivity contribution is 7.89. The number of nitrogens with one attached hydrogen (secondary N) is 1. The maximum atomic E-state index is 12.0. The number of nitrogens with zero attached hydrogens (tertiary/aromatic N) is 1. The third-order valence-electron chi connectivity index (χ3n) is 2.67. The van der Waals surface area contributed by atoms with Gasteiger partial charge in [-0.25, -0.2) is 17.5 Å². The predicted octanol–water partition coefficient (Wildman–Crippen LogP) is 0.772. The summed E-state index contributed by atoms with van der Waals surface area (Å²) in [5.74, 6) is -2.16. The fourth-order valence-corrected chi connectivity index (χ4v) is 2.41. The summed E-state index contributed by atoms with van der Waals surface area (Å²) in [6.45, 7) is -2.46. The van der Waals surface area contributed by atoms with E-state index in [1.54, 1.807) is 0 Å². The summed E-state index contributed by atoms with van der Waals surface area (Å²) in [6, 6.07) is 4.87. The van der Waals surface area contributed by atoms with E-state index in [2.05, 4.69) is 4.74 Å². The molecule has 0 aliphatic heterocycles. The molecule has 0 saturated carbocycles. The standard InChI is InChI=1S/C13H15F3N2O5S/c1-18(2)24(21,22)10-5-3-4-9(6-10)12(20)23-7-11(19)17-8-13(14,15)16/h3-6H,7-8H2,1-2H3,(H,17,19). The van der Waals surface area contributed by atoms with E-state index >= 15 is 0 Å². The number of benzene rings is 1. The van der Waals surface area contributed by atoms with Crippen molar-refractivity contribution in [2.75, 3.05) is 27.2 Å². The summed E-state index contributed by atoms with van der Waals surface area (Å²) in [7, 11) is -1.15. The molecule has 0 heterocycles. The summed E-state index contributed by atoms with van der Waals surface area (Å²) >= 11 is 0. The van der Waals surface area contributed by atoms with Crippen LogP contribution in [0.3, 0.4) is 0 Å². The topological polar surface area (TPSA) is 92.8 Å². The normalized spacial score (nSPS) is 12.1. The zero-order valence-corrected chi connectivity index (χ0v) is 13.6. The second kappa shape index (κ2) is 7.62. The number of sulfonamides is 1. The van der Waals surface area contributed by atoms with Crippen LogP contribution in [0.2, 0.25) is 0 Å². The number of halogens is 3. The van der Waals surface area contributed by atoms with Crippen LogP contribution in [0.1, 0.15) is 10.4 Å². The monoisotopic (exact) mass is 368 g/mol. The number of rotatable bonds is 6. The number of alkyl halides is 3. The van der Waals surface area contributed by atoms with Crippen molar-refractivity contribution < 1.29 is 35.9 Å². The fourth-order valence-electron chi connectivity index (χ4n) is 1.46. The maximum absolute atomic E-state index is 12.0. The van der Waals surface area contributed by atoms with Crippen molar-refractivity contribution in [1.82, 2.24) is 9.62 Å². The van der Waals surface area contributed by atoms with E-state index in [4.69, 9.17) is 0 Å². The lowest BCUT2D eigenvalue weighted by Crippen LogP contribution is -2.36. The first-order valence-electron chi connectivity index (χ1n) is 6.46. The van der Waals surface area contributed by atoms with Crippen LogP contribution in [0, 0.1) is 0 Å². The van der Waals surface area contributed by atoms with Gasteiger partial charge in [-0.3, -0.25) is 4.79 Å². The largest absolute Gasteiger partial charge is 0.452 e. The fraction of sp³-hybridized carbons (Fsp3) is 0.385. The van der Waals surface area contributed by atoms with E-state index in [9.17, 15) is 31.2 Å². The van der Waals surface area contributed by atoms with Crippen LogP contribution in [0.25, 0.3) is 0 Å². The Kier molecular flexibility index (Phi) is 6.32. The quantitative estimate of drug-likeness (QED) is 0.749. The first kappa shape index (κ1) is 19.9. The van der Waals surface area contributed by atoms with Crippen LogP contribution in [-0.2, 0) is 19.6 Å². The molecule has 1 N–H and O–H groups in total. The molecule has 24 heavy (non-hydrogen) atoms. The van der Waals surface area contributed by atoms with E-state index in [0.29, 0.717) is 0 Å². The van der Waals surface area contributed by atoms with Crippen molar-refractivity contribution in [3.05, 3.63) is 29.8 Å². The van der Waals surface area contributed by atoms with Crippen LogP contribution in [-0.4, -0.2) is 58.0 Å². The van der Waals surface area contributed by atoms with E-state index in [-0.39, 0.29) is 10.5 Å². The Morgan fingerprint density at radius 3 is 2.42 bits per heavy atom. The van der Waals surface area contributed by atoms with Crippen LogP contribution in [0.15, 0.2) is 29.2 Å². The molecule has 0 aliphatic carbocycles. The van der Waals surface area contributed by atoms with E-state index in [1.165, 1.54) is 37.6 Å². The third-order valence-corrected chi connectivity index (χ3v) is 4.48. The molecule has 0 unspecified atom stereocenters. The van der Waals surface area contributed by atoms with Crippen molar-refractivity contribution >= 4 is 21.9 Å². The van der Waals surface area contributed by atoms with Gasteiger partial charge in [0.05, 0.1) is 10.5 Å². The van der Waals surface area contributed by atoms with Crippen molar-refractivity contribution in [3.8, 4) is 0 Å². The van der Waals surface area contributed by atoms with Gasteiger partial charge >= 0.3 is 12.1 Å². The molecule has 1 aromatic rings. The first-order valence-corrected chi connectivity index (χ1v) is 7.90. The van der Waals surface area contributed by atoms with Gasteiger partial charge < -0.3 is 10.1 Å². The summed E-state index contributed by atoms with van der Waals surface area (Å²) in [6.07, 6.45) is -4.57. The van der Waals surface area contributed by atoms with Gasteiger partial charge in [0.1, 0.15) is 6.54 Å². The Hall–Kier alpha value is -2.14. The van der Waals surface area contributed by atoms with E-state index in [1.807, 2.05) is 0 Å². The number of carbonyl (C=O) groups is 2. The predicted molar refractivity (Wildman–Crippen MR) is 76.7 cm³/mol. The number of esters is 1. The molecule has 0 aromatic heterocycles. The van der Waals surface area contributed by atoms with Gasteiger partial charge in [-0.2, -0.15) is 13.2 Å². The van der Waals surface area contributed by atoms with E-state index < -0.39 is 41.2 Å². The van der Waals surface area contributed by atoms with E-state index in [0.717, 1.165) is 10.4 Å². The Balaban J connectivity index is 2.71. The van der Waals surface area contributed by atoms with Gasteiger partial charge in [-0.1, -0.05) is 6.07 Å². The Bertz CT molecular complexity index is 717. The summed E-state index contributed by atoms with van der Waals surface area (Å²) in [4.78, 5) is 22.8. The minimum absolute atomic E-state index is 0.151. The average Bonchev–Trinajstić information content (AvgIpc) is 2.49. The Morgan fingerprint density at radius 1 is 1.25 bits per heavy atom. The van der Waals surface area contributed by atoms with Crippen molar-refractivity contribution in [3.63, 3.8) is 0 Å². The lowest BCUT2D eigenvalue weighted by molar-refractivity contribution is -0.140. The molecule has 0 aliphatic rings. The van der Waals surface area contributed by atoms with Gasteiger partial charge in [0.15, 0.2) is 6.61 Å². The molecule has 0 atom stereocenters. The second-order valence-corrected chi connectivity index (χ2v) is 6.94. The molecule has 0 fully saturated rings. The zero-order valence-electron chi connectivity index (χ0n) is 12.8. The number of hydrogen-bond acceptors (Lipinski definition) is 5. The Labute approximate surface area is 136 Å². The summed E-state index contributed by atoms with van der Waals surface area (Å²) in [5, 5.41) is 1.54. The molecule has 0 spiro atoms. The van der Waals surface area contributed by atoms with Crippen LogP contribution in [0.4, 0.5) is 13.2 Å². The number of ether oxygens (including phenoxy) is 1. The number of amides is 1. The SMILES string of the molecule is CN(C)S(=O)(=O)c1cccc(C(=O)OCC(=O)NCC(F)(F)F)c1. The average molecular weight is 368 g/mol. The second-order valence-electron chi connectivity index (χ2n) is 4.78. The third kappa shape index (κ3) is 5.81. The van der Waals surface area contributed by atoms with Gasteiger partial charge in [0, 0.05) is 14.1 Å². The maximum Gasteiger partial charge on any atom is 0.405 e. The molecule has 11 heteroatoms. The molecular weight excluding hydrogens is 353 g/mol. The van der Waals surface area contributed by atoms with Crippen LogP contribution < -0.4 is 5.32 Å². The van der Waals surface area contributed by atoms with Crippen molar-refractivity contribution in [2.24, 2.45) is 0 Å². The zero-order chi connectivity index (χ0) is 18.5. The Morgan fingerprint density at radius 2 is 1.88 bits per heavy atom. The minimum Gasteiger partial charge on any atom is -0.452 e. The lowest BCUT2D eigenvalue weighted by Gasteiger charge is -2.12. The van der Waals surface area contributed by atoms with Gasteiger partial charge in [0.2, 0.25) is 10.0 Å². The molecular formula is C13H15F3N2O5S. The molecule has 0 bridgehead atoms.